The van der Waals surface area contributed by atoms with Gasteiger partial charge in [-0.15, -0.1) is 11.3 Å². The van der Waals surface area contributed by atoms with Crippen LogP contribution in [0.3, 0.4) is 0 Å². The first-order valence-electron chi connectivity index (χ1n) is 9.15. The first kappa shape index (κ1) is 22.3. The molecular weight excluding hydrogens is 429 g/mol. The molecule has 0 saturated heterocycles. The number of Topliss-reactive ketones (excluding diaryl/α,β-unsaturated/α-hetero) is 1. The summed E-state index contributed by atoms with van der Waals surface area (Å²) in [5.74, 6) is 5.01. The number of para-hydroxylation sites is 1. The van der Waals surface area contributed by atoms with Gasteiger partial charge in [0.1, 0.15) is 0 Å². The van der Waals surface area contributed by atoms with E-state index in [0.29, 0.717) is 6.42 Å². The van der Waals surface area contributed by atoms with E-state index in [1.54, 1.807) is 16.8 Å². The van der Waals surface area contributed by atoms with Gasteiger partial charge in [0.15, 0.2) is 5.78 Å². The second kappa shape index (κ2) is 9.63. The summed E-state index contributed by atoms with van der Waals surface area (Å²) in [4.78, 5) is 23.9. The Morgan fingerprint density at radius 3 is 2.39 bits per heavy atom. The molecule has 0 radical (unpaired) electrons. The van der Waals surface area contributed by atoms with E-state index in [-0.39, 0.29) is 17.5 Å². The number of urea groups is 1. The number of amides is 2. The number of halogens is 3. The minimum atomic E-state index is -4.38. The van der Waals surface area contributed by atoms with Gasteiger partial charge in [-0.25, -0.2) is 10.6 Å². The maximum absolute atomic E-state index is 12.1. The Morgan fingerprint density at radius 2 is 1.77 bits per heavy atom. The Labute approximate surface area is 180 Å². The standard InChI is InChI=1S/C13H11NOS.C8H8F3N3O/c15-12-8-11(13-6-3-7-16-13)14-10-5-2-1-4-9(10)12;9-8(10,11)5-1-3-6(4-2-5)13-7(15)14-12/h1-7,11,14H,8H2;1-4H,12H2,(H2,13,14,15). The van der Waals surface area contributed by atoms with Crippen molar-refractivity contribution in [1.29, 1.82) is 0 Å². The van der Waals surface area contributed by atoms with Crippen LogP contribution in [0, 0.1) is 0 Å². The van der Waals surface area contributed by atoms with Crippen molar-refractivity contribution in [2.45, 2.75) is 18.6 Å². The van der Waals surface area contributed by atoms with Gasteiger partial charge >= 0.3 is 12.2 Å². The van der Waals surface area contributed by atoms with Crippen LogP contribution in [0.5, 0.6) is 0 Å². The largest absolute Gasteiger partial charge is 0.416 e. The fourth-order valence-corrected chi connectivity index (χ4v) is 3.74. The van der Waals surface area contributed by atoms with Crippen molar-refractivity contribution in [1.82, 2.24) is 5.43 Å². The molecule has 2 amide bonds. The van der Waals surface area contributed by atoms with Gasteiger partial charge in [0.2, 0.25) is 0 Å². The molecule has 0 fully saturated rings. The van der Waals surface area contributed by atoms with Crippen LogP contribution in [0.15, 0.2) is 66.0 Å². The van der Waals surface area contributed by atoms with E-state index in [0.717, 1.165) is 35.5 Å². The Kier molecular flexibility index (Phi) is 6.93. The number of thiophene rings is 1. The summed E-state index contributed by atoms with van der Waals surface area (Å²) >= 11 is 1.69. The molecule has 1 aliphatic rings. The number of hydrazine groups is 1. The van der Waals surface area contributed by atoms with Crippen LogP contribution < -0.4 is 21.9 Å². The van der Waals surface area contributed by atoms with Crippen molar-refractivity contribution in [2.24, 2.45) is 5.84 Å². The van der Waals surface area contributed by atoms with E-state index >= 15 is 0 Å². The minimum absolute atomic E-state index is 0.141. The highest BCUT2D eigenvalue weighted by molar-refractivity contribution is 7.10. The molecule has 0 aliphatic carbocycles. The molecule has 0 spiro atoms. The number of carbonyl (C=O) groups excluding carboxylic acids is 2. The van der Waals surface area contributed by atoms with Crippen molar-refractivity contribution in [2.75, 3.05) is 10.6 Å². The molecule has 10 heteroatoms. The molecule has 6 nitrogen and oxygen atoms in total. The highest BCUT2D eigenvalue weighted by atomic mass is 32.1. The lowest BCUT2D eigenvalue weighted by molar-refractivity contribution is -0.137. The molecule has 4 rings (SSSR count). The van der Waals surface area contributed by atoms with Gasteiger partial charge in [0.25, 0.3) is 0 Å². The number of hydrogen-bond acceptors (Lipinski definition) is 5. The lowest BCUT2D eigenvalue weighted by atomic mass is 9.96. The molecule has 2 heterocycles. The molecule has 31 heavy (non-hydrogen) atoms. The van der Waals surface area contributed by atoms with Crippen molar-refractivity contribution in [3.63, 3.8) is 0 Å². The van der Waals surface area contributed by atoms with Crippen LogP contribution in [0.25, 0.3) is 0 Å². The third kappa shape index (κ3) is 5.83. The smallest absolute Gasteiger partial charge is 0.376 e. The van der Waals surface area contributed by atoms with E-state index in [2.05, 4.69) is 16.7 Å². The van der Waals surface area contributed by atoms with E-state index in [1.165, 1.54) is 4.88 Å². The fourth-order valence-electron chi connectivity index (χ4n) is 2.96. The summed E-state index contributed by atoms with van der Waals surface area (Å²) in [6.45, 7) is 0. The molecule has 1 atom stereocenters. The van der Waals surface area contributed by atoms with Crippen LogP contribution in [-0.4, -0.2) is 11.8 Å². The molecule has 1 unspecified atom stereocenters. The number of benzene rings is 2. The van der Waals surface area contributed by atoms with Crippen LogP contribution in [0.2, 0.25) is 0 Å². The van der Waals surface area contributed by atoms with E-state index in [4.69, 9.17) is 5.84 Å². The SMILES string of the molecule is NNC(=O)Nc1ccc(C(F)(F)F)cc1.O=C1CC(c2cccs2)Nc2ccccc21. The molecule has 2 aromatic carbocycles. The Morgan fingerprint density at radius 1 is 1.06 bits per heavy atom. The summed E-state index contributed by atoms with van der Waals surface area (Å²) in [5, 5.41) is 7.69. The third-order valence-corrected chi connectivity index (χ3v) is 5.42. The lowest BCUT2D eigenvalue weighted by Gasteiger charge is -2.25. The molecule has 162 valence electrons. The van der Waals surface area contributed by atoms with Crippen molar-refractivity contribution < 1.29 is 22.8 Å². The van der Waals surface area contributed by atoms with Crippen molar-refractivity contribution in [3.05, 3.63) is 82.0 Å². The number of hydrogen-bond donors (Lipinski definition) is 4. The fraction of sp³-hybridized carbons (Fsp3) is 0.143. The maximum atomic E-state index is 12.1. The Bertz CT molecular complexity index is 1040. The highest BCUT2D eigenvalue weighted by Gasteiger charge is 2.30. The molecule has 0 saturated carbocycles. The second-order valence-corrected chi connectivity index (χ2v) is 7.54. The van der Waals surface area contributed by atoms with Crippen LogP contribution in [0.1, 0.15) is 33.3 Å². The molecule has 0 bridgehead atoms. The van der Waals surface area contributed by atoms with Gasteiger partial charge in [0, 0.05) is 28.2 Å². The van der Waals surface area contributed by atoms with Gasteiger partial charge in [-0.1, -0.05) is 18.2 Å². The first-order chi connectivity index (χ1) is 14.8. The number of nitrogens with two attached hydrogens (primary N) is 1. The number of anilines is 2. The van der Waals surface area contributed by atoms with Crippen LogP contribution >= 0.6 is 11.3 Å². The van der Waals surface area contributed by atoms with Crippen molar-refractivity contribution >= 4 is 34.5 Å². The zero-order chi connectivity index (χ0) is 22.4. The van der Waals surface area contributed by atoms with Gasteiger partial charge < -0.3 is 10.6 Å². The van der Waals surface area contributed by atoms with E-state index in [9.17, 15) is 22.8 Å². The average molecular weight is 448 g/mol. The van der Waals surface area contributed by atoms with E-state index < -0.39 is 17.8 Å². The number of fused-ring (bicyclic) bond motifs is 1. The number of rotatable bonds is 2. The molecule has 1 aliphatic heterocycles. The van der Waals surface area contributed by atoms with Gasteiger partial charge in [-0.3, -0.25) is 10.2 Å². The number of carbonyl (C=O) groups is 2. The second-order valence-electron chi connectivity index (χ2n) is 6.56. The topological polar surface area (TPSA) is 96.2 Å². The normalized spacial score (nSPS) is 15.1. The summed E-state index contributed by atoms with van der Waals surface area (Å²) in [6, 6.07) is 15.3. The lowest BCUT2D eigenvalue weighted by Crippen LogP contribution is -2.34. The van der Waals surface area contributed by atoms with Gasteiger partial charge in [0.05, 0.1) is 11.6 Å². The Balaban J connectivity index is 0.000000176. The maximum Gasteiger partial charge on any atom is 0.416 e. The number of nitrogens with one attached hydrogen (secondary N) is 3. The summed E-state index contributed by atoms with van der Waals surface area (Å²) < 4.78 is 36.4. The molecule has 5 N–H and O–H groups in total. The van der Waals surface area contributed by atoms with Crippen molar-refractivity contribution in [3.8, 4) is 0 Å². The first-order valence-corrected chi connectivity index (χ1v) is 10.0. The molecular formula is C21H19F3N4O2S. The zero-order valence-corrected chi connectivity index (χ0v) is 16.9. The quantitative estimate of drug-likeness (QED) is 0.247. The van der Waals surface area contributed by atoms with Crippen LogP contribution in [-0.2, 0) is 6.18 Å². The zero-order valence-electron chi connectivity index (χ0n) is 16.1. The predicted molar refractivity (Wildman–Crippen MR) is 114 cm³/mol. The molecule has 1 aromatic heterocycles. The summed E-state index contributed by atoms with van der Waals surface area (Å²) in [7, 11) is 0. The van der Waals surface area contributed by atoms with Crippen LogP contribution in [0.4, 0.5) is 29.3 Å². The highest BCUT2D eigenvalue weighted by Crippen LogP contribution is 2.34. The average Bonchev–Trinajstić information content (AvgIpc) is 3.29. The van der Waals surface area contributed by atoms with E-state index in [1.807, 2.05) is 35.7 Å². The Hall–Kier alpha value is -3.37. The predicted octanol–water partition coefficient (Wildman–Crippen LogP) is 5.19. The number of alkyl halides is 3. The van der Waals surface area contributed by atoms with Gasteiger partial charge in [-0.2, -0.15) is 13.2 Å². The third-order valence-electron chi connectivity index (χ3n) is 4.43. The number of ketones is 1. The molecule has 3 aromatic rings. The van der Waals surface area contributed by atoms with Gasteiger partial charge in [-0.05, 0) is 47.8 Å². The minimum Gasteiger partial charge on any atom is -0.376 e. The monoisotopic (exact) mass is 448 g/mol. The summed E-state index contributed by atoms with van der Waals surface area (Å²) in [6.07, 6.45) is -3.83. The summed E-state index contributed by atoms with van der Waals surface area (Å²) in [5.41, 5.74) is 3.01.